The molecule has 35 heavy (non-hydrogen) atoms. The van der Waals surface area contributed by atoms with Crippen LogP contribution in [0.2, 0.25) is 0 Å². The molecule has 1 saturated heterocycles. The fourth-order valence-corrected chi connectivity index (χ4v) is 5.63. The van der Waals surface area contributed by atoms with E-state index in [9.17, 15) is 18.0 Å². The van der Waals surface area contributed by atoms with Gasteiger partial charge in [0, 0.05) is 6.07 Å². The van der Waals surface area contributed by atoms with Gasteiger partial charge in [-0.1, -0.05) is 36.4 Å². The third kappa shape index (κ3) is 6.07. The first-order valence-electron chi connectivity index (χ1n) is 11.2. The van der Waals surface area contributed by atoms with Gasteiger partial charge in [-0.3, -0.25) is 4.79 Å². The lowest BCUT2D eigenvalue weighted by Gasteiger charge is -2.14. The van der Waals surface area contributed by atoms with Crippen LogP contribution in [0.15, 0.2) is 54.6 Å². The largest absolute Gasteiger partial charge is 0.488 e. The van der Waals surface area contributed by atoms with E-state index in [2.05, 4.69) is 10.4 Å². The molecule has 1 amide bonds. The molecule has 0 aliphatic carbocycles. The Kier molecular flexibility index (Phi) is 7.20. The molecule has 10 heteroatoms. The molecule has 184 valence electrons. The minimum atomic E-state index is -3.12. The quantitative estimate of drug-likeness (QED) is 0.475. The van der Waals surface area contributed by atoms with E-state index < -0.39 is 28.3 Å². The summed E-state index contributed by atoms with van der Waals surface area (Å²) in [4.78, 5) is 25.2. The summed E-state index contributed by atoms with van der Waals surface area (Å²) in [6, 6.07) is 15.8. The Labute approximate surface area is 204 Å². The van der Waals surface area contributed by atoms with Gasteiger partial charge in [-0.05, 0) is 43.5 Å². The normalized spacial score (nSPS) is 16.6. The smallest absolute Gasteiger partial charge is 0.342 e. The second kappa shape index (κ2) is 10.3. The van der Waals surface area contributed by atoms with Crippen molar-refractivity contribution in [1.29, 1.82) is 0 Å². The topological polar surface area (TPSA) is 117 Å². The maximum atomic E-state index is 12.7. The average Bonchev–Trinajstić information content (AvgIpc) is 3.37. The number of benzene rings is 2. The highest BCUT2D eigenvalue weighted by molar-refractivity contribution is 7.91. The molecule has 0 saturated carbocycles. The Hall–Kier alpha value is -3.66. The fraction of sp³-hybridized carbons (Fsp3) is 0.320. The molecule has 0 spiro atoms. The third-order valence-electron chi connectivity index (χ3n) is 5.77. The Morgan fingerprint density at radius 2 is 1.86 bits per heavy atom. The fourth-order valence-electron chi connectivity index (χ4n) is 3.93. The van der Waals surface area contributed by atoms with Gasteiger partial charge < -0.3 is 14.8 Å². The van der Waals surface area contributed by atoms with Gasteiger partial charge in [0.25, 0.3) is 5.91 Å². The number of aryl methyl sites for hydroxylation is 2. The molecule has 1 aromatic heterocycles. The number of anilines is 1. The molecule has 1 aliphatic rings. The maximum Gasteiger partial charge on any atom is 0.342 e. The molecular weight excluding hydrogens is 470 g/mol. The zero-order valence-corrected chi connectivity index (χ0v) is 20.4. The van der Waals surface area contributed by atoms with Crippen molar-refractivity contribution in [2.45, 2.75) is 32.9 Å². The molecule has 2 heterocycles. The number of para-hydroxylation sites is 1. The van der Waals surface area contributed by atoms with Crippen LogP contribution >= 0.6 is 0 Å². The van der Waals surface area contributed by atoms with Gasteiger partial charge >= 0.3 is 5.97 Å². The number of carbonyl (C=O) groups excluding carboxylic acids is 2. The predicted octanol–water partition coefficient (Wildman–Crippen LogP) is 3.23. The van der Waals surface area contributed by atoms with Crippen LogP contribution < -0.4 is 10.1 Å². The Balaban J connectivity index is 1.37. The van der Waals surface area contributed by atoms with Crippen molar-refractivity contribution >= 4 is 27.5 Å². The lowest BCUT2D eigenvalue weighted by molar-refractivity contribution is -0.119. The second-order valence-electron chi connectivity index (χ2n) is 8.51. The zero-order valence-electron chi connectivity index (χ0n) is 19.6. The number of carbonyl (C=O) groups is 2. The van der Waals surface area contributed by atoms with Crippen LogP contribution in [0, 0.1) is 13.8 Å². The van der Waals surface area contributed by atoms with E-state index in [1.165, 1.54) is 4.68 Å². The molecule has 0 radical (unpaired) electrons. The average molecular weight is 498 g/mol. The molecule has 4 rings (SSSR count). The van der Waals surface area contributed by atoms with Crippen molar-refractivity contribution in [1.82, 2.24) is 9.78 Å². The number of hydrogen-bond acceptors (Lipinski definition) is 7. The highest BCUT2D eigenvalue weighted by Gasteiger charge is 2.31. The van der Waals surface area contributed by atoms with Crippen molar-refractivity contribution in [2.24, 2.45) is 0 Å². The first kappa shape index (κ1) is 24.5. The highest BCUT2D eigenvalue weighted by Crippen LogP contribution is 2.27. The number of ether oxygens (including phenoxy) is 2. The summed E-state index contributed by atoms with van der Waals surface area (Å²) in [5, 5.41) is 7.00. The number of hydrogen-bond donors (Lipinski definition) is 1. The number of rotatable bonds is 8. The second-order valence-corrected chi connectivity index (χ2v) is 10.7. The van der Waals surface area contributed by atoms with Gasteiger partial charge in [0.15, 0.2) is 16.4 Å². The SMILES string of the molecule is Cc1cc(NC(=O)COC(=O)c2ccccc2OCc2ccccc2C)n(C2CCS(=O)(=O)C2)n1. The Morgan fingerprint density at radius 1 is 1.11 bits per heavy atom. The van der Waals surface area contributed by atoms with Gasteiger partial charge in [-0.15, -0.1) is 0 Å². The summed E-state index contributed by atoms with van der Waals surface area (Å²) in [7, 11) is -3.12. The molecule has 1 N–H and O–H groups in total. The summed E-state index contributed by atoms with van der Waals surface area (Å²) in [5.74, 6) is -0.450. The van der Waals surface area contributed by atoms with Gasteiger partial charge in [0.2, 0.25) is 0 Å². The van der Waals surface area contributed by atoms with Gasteiger partial charge in [-0.25, -0.2) is 17.9 Å². The third-order valence-corrected chi connectivity index (χ3v) is 7.52. The molecule has 1 atom stereocenters. The van der Waals surface area contributed by atoms with E-state index in [-0.39, 0.29) is 29.7 Å². The van der Waals surface area contributed by atoms with Gasteiger partial charge in [0.1, 0.15) is 23.7 Å². The van der Waals surface area contributed by atoms with E-state index in [4.69, 9.17) is 9.47 Å². The van der Waals surface area contributed by atoms with Crippen LogP contribution in [0.25, 0.3) is 0 Å². The number of nitrogens with zero attached hydrogens (tertiary/aromatic N) is 2. The number of amides is 1. The molecule has 0 bridgehead atoms. The van der Waals surface area contributed by atoms with Crippen molar-refractivity contribution < 1.29 is 27.5 Å². The molecule has 9 nitrogen and oxygen atoms in total. The van der Waals surface area contributed by atoms with Crippen molar-refractivity contribution in [3.63, 3.8) is 0 Å². The Morgan fingerprint density at radius 3 is 2.60 bits per heavy atom. The molecule has 1 unspecified atom stereocenters. The van der Waals surface area contributed by atoms with Crippen LogP contribution in [-0.2, 0) is 26.0 Å². The lowest BCUT2D eigenvalue weighted by Crippen LogP contribution is -2.24. The number of aromatic nitrogens is 2. The molecule has 1 fully saturated rings. The van der Waals surface area contributed by atoms with Crippen molar-refractivity contribution in [3.05, 3.63) is 77.0 Å². The summed E-state index contributed by atoms with van der Waals surface area (Å²) >= 11 is 0. The van der Waals surface area contributed by atoms with Crippen LogP contribution in [0.4, 0.5) is 5.82 Å². The number of esters is 1. The van der Waals surface area contributed by atoms with E-state index in [0.29, 0.717) is 23.7 Å². The Bertz CT molecular complexity index is 1350. The summed E-state index contributed by atoms with van der Waals surface area (Å²) in [5.41, 5.74) is 2.93. The van der Waals surface area contributed by atoms with Crippen molar-refractivity contribution in [2.75, 3.05) is 23.4 Å². The van der Waals surface area contributed by atoms with E-state index in [1.807, 2.05) is 31.2 Å². The summed E-state index contributed by atoms with van der Waals surface area (Å²) in [6.45, 7) is 3.51. The van der Waals surface area contributed by atoms with Crippen LogP contribution in [0.1, 0.15) is 39.6 Å². The first-order chi connectivity index (χ1) is 16.7. The van der Waals surface area contributed by atoms with Crippen LogP contribution in [-0.4, -0.2) is 48.2 Å². The number of nitrogens with one attached hydrogen (secondary N) is 1. The van der Waals surface area contributed by atoms with Crippen LogP contribution in [0.3, 0.4) is 0 Å². The predicted molar refractivity (Wildman–Crippen MR) is 130 cm³/mol. The molecular formula is C25H27N3O6S. The van der Waals surface area contributed by atoms with Crippen molar-refractivity contribution in [3.8, 4) is 5.75 Å². The molecule has 1 aliphatic heterocycles. The van der Waals surface area contributed by atoms with Gasteiger partial charge in [0.05, 0.1) is 23.2 Å². The minimum absolute atomic E-state index is 0.0226. The maximum absolute atomic E-state index is 12.7. The van der Waals surface area contributed by atoms with E-state index in [0.717, 1.165) is 11.1 Å². The summed E-state index contributed by atoms with van der Waals surface area (Å²) < 4.78 is 36.3. The van der Waals surface area contributed by atoms with Crippen LogP contribution in [0.5, 0.6) is 5.75 Å². The zero-order chi connectivity index (χ0) is 25.0. The monoisotopic (exact) mass is 497 g/mol. The minimum Gasteiger partial charge on any atom is -0.488 e. The standard InChI is InChI=1S/C25H27N3O6S/c1-17-7-3-4-8-19(17)14-33-22-10-6-5-9-21(22)25(30)34-15-24(29)26-23-13-18(2)27-28(23)20-11-12-35(31,32)16-20/h3-10,13,20H,11-12,14-16H2,1-2H3,(H,26,29). The van der Waals surface area contributed by atoms with E-state index >= 15 is 0 Å². The van der Waals surface area contributed by atoms with Gasteiger partial charge in [-0.2, -0.15) is 5.10 Å². The first-order valence-corrected chi connectivity index (χ1v) is 13.0. The highest BCUT2D eigenvalue weighted by atomic mass is 32.2. The molecule has 3 aromatic rings. The lowest BCUT2D eigenvalue weighted by atomic mass is 10.1. The molecule has 2 aromatic carbocycles. The summed E-state index contributed by atoms with van der Waals surface area (Å²) in [6.07, 6.45) is 0.431. The number of sulfone groups is 1. The van der Waals surface area contributed by atoms with E-state index in [1.54, 1.807) is 37.3 Å².